The Hall–Kier alpha value is -1.77. The van der Waals surface area contributed by atoms with Crippen molar-refractivity contribution < 1.29 is 0 Å². The summed E-state index contributed by atoms with van der Waals surface area (Å²) in [6.45, 7) is 9.35. The molecule has 1 heterocycles. The van der Waals surface area contributed by atoms with E-state index in [1.807, 2.05) is 35.8 Å². The highest BCUT2D eigenvalue weighted by Gasteiger charge is 2.11. The molecule has 0 amide bonds. The van der Waals surface area contributed by atoms with Crippen LogP contribution in [0.1, 0.15) is 20.3 Å². The molecule has 2 aromatic rings. The molecule has 0 unspecified atom stereocenters. The normalized spacial score (nSPS) is 10.9. The van der Waals surface area contributed by atoms with Crippen molar-refractivity contribution in [1.82, 2.24) is 9.13 Å². The van der Waals surface area contributed by atoms with Crippen molar-refractivity contribution >= 4 is 11.0 Å². The van der Waals surface area contributed by atoms with E-state index in [2.05, 4.69) is 13.5 Å². The Morgan fingerprint density at radius 3 is 2.29 bits per heavy atom. The SMILES string of the molecule is C=C(CC)Cn1c(=O)n(CC)c2ccccc21. The van der Waals surface area contributed by atoms with Crippen molar-refractivity contribution in [3.8, 4) is 0 Å². The molecule has 0 aliphatic carbocycles. The van der Waals surface area contributed by atoms with E-state index in [0.29, 0.717) is 13.1 Å². The van der Waals surface area contributed by atoms with Gasteiger partial charge < -0.3 is 0 Å². The maximum absolute atomic E-state index is 12.3. The molecule has 0 radical (unpaired) electrons. The number of fused-ring (bicyclic) bond motifs is 1. The number of benzene rings is 1. The lowest BCUT2D eigenvalue weighted by molar-refractivity contribution is 0.673. The number of hydrogen-bond acceptors (Lipinski definition) is 1. The van der Waals surface area contributed by atoms with E-state index in [1.54, 1.807) is 4.57 Å². The first kappa shape index (κ1) is 11.7. The zero-order valence-electron chi connectivity index (χ0n) is 10.4. The quantitative estimate of drug-likeness (QED) is 0.742. The largest absolute Gasteiger partial charge is 0.329 e. The van der Waals surface area contributed by atoms with Crippen LogP contribution in [0.3, 0.4) is 0 Å². The van der Waals surface area contributed by atoms with E-state index in [0.717, 1.165) is 23.0 Å². The molecule has 1 aromatic carbocycles. The molecule has 3 nitrogen and oxygen atoms in total. The third kappa shape index (κ3) is 1.93. The van der Waals surface area contributed by atoms with Crippen molar-refractivity contribution in [2.24, 2.45) is 0 Å². The Morgan fingerprint density at radius 2 is 1.76 bits per heavy atom. The van der Waals surface area contributed by atoms with Crippen molar-refractivity contribution in [2.75, 3.05) is 0 Å². The third-order valence-corrected chi connectivity index (χ3v) is 3.12. The van der Waals surface area contributed by atoms with E-state index < -0.39 is 0 Å². The van der Waals surface area contributed by atoms with Gasteiger partial charge in [-0.25, -0.2) is 4.79 Å². The van der Waals surface area contributed by atoms with Gasteiger partial charge in [-0.1, -0.05) is 31.2 Å². The summed E-state index contributed by atoms with van der Waals surface area (Å²) in [6, 6.07) is 7.91. The van der Waals surface area contributed by atoms with Gasteiger partial charge >= 0.3 is 5.69 Å². The van der Waals surface area contributed by atoms with Crippen molar-refractivity contribution in [1.29, 1.82) is 0 Å². The lowest BCUT2D eigenvalue weighted by Gasteiger charge is -2.03. The van der Waals surface area contributed by atoms with E-state index in [4.69, 9.17) is 0 Å². The first-order valence-electron chi connectivity index (χ1n) is 6.03. The fourth-order valence-electron chi connectivity index (χ4n) is 2.07. The molecule has 0 saturated heterocycles. The second-order valence-electron chi connectivity index (χ2n) is 4.21. The summed E-state index contributed by atoms with van der Waals surface area (Å²) in [7, 11) is 0. The first-order valence-corrected chi connectivity index (χ1v) is 6.03. The highest BCUT2D eigenvalue weighted by molar-refractivity contribution is 5.76. The molecule has 2 rings (SSSR count). The summed E-state index contributed by atoms with van der Waals surface area (Å²) in [4.78, 5) is 12.3. The van der Waals surface area contributed by atoms with Gasteiger partial charge in [-0.2, -0.15) is 0 Å². The second kappa shape index (κ2) is 4.62. The van der Waals surface area contributed by atoms with Gasteiger partial charge in [-0.3, -0.25) is 9.13 Å². The molecule has 1 aromatic heterocycles. The van der Waals surface area contributed by atoms with E-state index in [9.17, 15) is 4.79 Å². The predicted molar refractivity (Wildman–Crippen MR) is 71.3 cm³/mol. The molecule has 0 spiro atoms. The van der Waals surface area contributed by atoms with E-state index in [1.165, 1.54) is 0 Å². The zero-order chi connectivity index (χ0) is 12.4. The number of hydrogen-bond donors (Lipinski definition) is 0. The Balaban J connectivity index is 2.66. The lowest BCUT2D eigenvalue weighted by atomic mass is 10.2. The van der Waals surface area contributed by atoms with Crippen LogP contribution in [0.15, 0.2) is 41.2 Å². The van der Waals surface area contributed by atoms with E-state index in [-0.39, 0.29) is 5.69 Å². The summed E-state index contributed by atoms with van der Waals surface area (Å²) in [5, 5.41) is 0. The van der Waals surface area contributed by atoms with Gasteiger partial charge in [0.1, 0.15) is 0 Å². The van der Waals surface area contributed by atoms with Gasteiger partial charge in [0.05, 0.1) is 11.0 Å². The van der Waals surface area contributed by atoms with Crippen LogP contribution >= 0.6 is 0 Å². The lowest BCUT2D eigenvalue weighted by Crippen LogP contribution is -2.24. The minimum Gasteiger partial charge on any atom is -0.292 e. The molecule has 3 heteroatoms. The summed E-state index contributed by atoms with van der Waals surface area (Å²) in [5.41, 5.74) is 3.13. The number of nitrogens with zero attached hydrogens (tertiary/aromatic N) is 2. The average Bonchev–Trinajstić information content (AvgIpc) is 2.62. The van der Waals surface area contributed by atoms with Crippen molar-refractivity contribution in [3.05, 3.63) is 46.9 Å². The predicted octanol–water partition coefficient (Wildman–Crippen LogP) is 2.79. The standard InChI is InChI=1S/C14H18N2O/c1-4-11(3)10-16-13-9-7-6-8-12(13)15(5-2)14(16)17/h6-9H,3-5,10H2,1-2H3. The van der Waals surface area contributed by atoms with Crippen LogP contribution < -0.4 is 5.69 Å². The van der Waals surface area contributed by atoms with Gasteiger partial charge in [0, 0.05) is 13.1 Å². The first-order chi connectivity index (χ1) is 8.19. The molecule has 0 N–H and O–H groups in total. The molecule has 0 saturated carbocycles. The monoisotopic (exact) mass is 230 g/mol. The number of imidazole rings is 1. The van der Waals surface area contributed by atoms with Gasteiger partial charge in [0.25, 0.3) is 0 Å². The fourth-order valence-corrected chi connectivity index (χ4v) is 2.07. The summed E-state index contributed by atoms with van der Waals surface area (Å²) >= 11 is 0. The molecule has 0 fully saturated rings. The molecule has 17 heavy (non-hydrogen) atoms. The highest BCUT2D eigenvalue weighted by Crippen LogP contribution is 2.14. The molecule has 90 valence electrons. The Labute approximate surface area is 101 Å². The van der Waals surface area contributed by atoms with Crippen LogP contribution in [-0.2, 0) is 13.1 Å². The topological polar surface area (TPSA) is 26.9 Å². The van der Waals surface area contributed by atoms with Gasteiger partial charge in [-0.05, 0) is 25.5 Å². The average molecular weight is 230 g/mol. The third-order valence-electron chi connectivity index (χ3n) is 3.12. The number of rotatable bonds is 4. The Kier molecular flexibility index (Phi) is 3.18. The maximum atomic E-state index is 12.3. The molecular weight excluding hydrogens is 212 g/mol. The summed E-state index contributed by atoms with van der Waals surface area (Å²) in [6.07, 6.45) is 0.901. The number of aryl methyl sites for hydroxylation is 1. The van der Waals surface area contributed by atoms with Crippen LogP contribution in [-0.4, -0.2) is 9.13 Å². The van der Waals surface area contributed by atoms with Crippen LogP contribution in [0.25, 0.3) is 11.0 Å². The summed E-state index contributed by atoms with van der Waals surface area (Å²) in [5.74, 6) is 0. The van der Waals surface area contributed by atoms with Crippen molar-refractivity contribution in [2.45, 2.75) is 33.4 Å². The van der Waals surface area contributed by atoms with E-state index >= 15 is 0 Å². The zero-order valence-corrected chi connectivity index (χ0v) is 10.4. The molecule has 0 aliphatic heterocycles. The molecule has 0 atom stereocenters. The fraction of sp³-hybridized carbons (Fsp3) is 0.357. The van der Waals surface area contributed by atoms with Gasteiger partial charge in [-0.15, -0.1) is 0 Å². The molecule has 0 bridgehead atoms. The van der Waals surface area contributed by atoms with Crippen LogP contribution in [0.2, 0.25) is 0 Å². The minimum absolute atomic E-state index is 0.0586. The minimum atomic E-state index is 0.0586. The highest BCUT2D eigenvalue weighted by atomic mass is 16.1. The van der Waals surface area contributed by atoms with Crippen LogP contribution in [0.5, 0.6) is 0 Å². The van der Waals surface area contributed by atoms with Gasteiger partial charge in [0.15, 0.2) is 0 Å². The number of para-hydroxylation sites is 2. The molecular formula is C14H18N2O. The molecule has 0 aliphatic rings. The van der Waals surface area contributed by atoms with Crippen molar-refractivity contribution in [3.63, 3.8) is 0 Å². The Morgan fingerprint density at radius 1 is 1.18 bits per heavy atom. The second-order valence-corrected chi connectivity index (χ2v) is 4.21. The van der Waals surface area contributed by atoms with Gasteiger partial charge in [0.2, 0.25) is 0 Å². The number of allylic oxidation sites excluding steroid dienone is 1. The maximum Gasteiger partial charge on any atom is 0.329 e. The van der Waals surface area contributed by atoms with Crippen LogP contribution in [0.4, 0.5) is 0 Å². The van der Waals surface area contributed by atoms with Crippen LogP contribution in [0, 0.1) is 0 Å². The number of aromatic nitrogens is 2. The summed E-state index contributed by atoms with van der Waals surface area (Å²) < 4.78 is 3.61. The smallest absolute Gasteiger partial charge is 0.292 e. The Bertz CT molecular complexity index is 604.